The number of benzene rings is 2. The van der Waals surface area contributed by atoms with Crippen molar-refractivity contribution in [3.05, 3.63) is 65.7 Å². The Kier molecular flexibility index (Phi) is 5.49. The minimum absolute atomic E-state index is 0.0111. The summed E-state index contributed by atoms with van der Waals surface area (Å²) in [5.74, 6) is -0.614. The molecule has 28 heavy (non-hydrogen) atoms. The fourth-order valence-corrected chi connectivity index (χ4v) is 3.73. The lowest BCUT2D eigenvalue weighted by atomic mass is 9.73. The van der Waals surface area contributed by atoms with Crippen LogP contribution in [-0.2, 0) is 26.2 Å². The fraction of sp³-hybridized carbons (Fsp3) is 0.318. The molecule has 0 aromatic heterocycles. The highest BCUT2D eigenvalue weighted by Gasteiger charge is 2.50. The van der Waals surface area contributed by atoms with Crippen molar-refractivity contribution in [2.24, 2.45) is 0 Å². The number of carbonyl (C=O) groups excluding carboxylic acids is 3. The molecule has 0 saturated heterocycles. The Bertz CT molecular complexity index is 895. The summed E-state index contributed by atoms with van der Waals surface area (Å²) < 4.78 is 0. The number of anilines is 1. The summed E-state index contributed by atoms with van der Waals surface area (Å²) in [5.41, 5.74) is 1.66. The highest BCUT2D eigenvalue weighted by molar-refractivity contribution is 6.10. The van der Waals surface area contributed by atoms with Crippen molar-refractivity contribution in [1.29, 1.82) is 0 Å². The van der Waals surface area contributed by atoms with E-state index in [1.165, 1.54) is 4.90 Å². The Labute approximate surface area is 165 Å². The number of carbonyl (C=O) groups is 3. The van der Waals surface area contributed by atoms with Gasteiger partial charge >= 0.3 is 0 Å². The van der Waals surface area contributed by atoms with Crippen LogP contribution in [0.1, 0.15) is 17.5 Å². The van der Waals surface area contributed by atoms with Gasteiger partial charge in [0.1, 0.15) is 0 Å². The molecule has 3 rings (SSSR count). The Morgan fingerprint density at radius 2 is 1.68 bits per heavy atom. The van der Waals surface area contributed by atoms with Crippen LogP contribution in [0, 0.1) is 0 Å². The maximum absolute atomic E-state index is 13.3. The van der Waals surface area contributed by atoms with Crippen molar-refractivity contribution in [3.63, 3.8) is 0 Å². The number of rotatable bonds is 6. The number of hydrogen-bond acceptors (Lipinski definition) is 3. The zero-order chi connectivity index (χ0) is 20.3. The number of para-hydroxylation sites is 1. The monoisotopic (exact) mass is 379 g/mol. The average Bonchev–Trinajstić information content (AvgIpc) is 2.89. The average molecular weight is 379 g/mol. The SMILES string of the molecule is CN(C)C(=O)CNC(=O)C[C@]1(Cc2ccccc2)C(=O)N(C)c2ccccc21. The molecule has 0 radical (unpaired) electrons. The quantitative estimate of drug-likeness (QED) is 0.831. The van der Waals surface area contributed by atoms with Crippen LogP contribution in [0.5, 0.6) is 0 Å². The molecule has 0 aliphatic carbocycles. The van der Waals surface area contributed by atoms with Gasteiger partial charge in [0.15, 0.2) is 0 Å². The summed E-state index contributed by atoms with van der Waals surface area (Å²) in [6, 6.07) is 17.3. The number of hydrogen-bond donors (Lipinski definition) is 1. The van der Waals surface area contributed by atoms with Gasteiger partial charge in [0.25, 0.3) is 0 Å². The summed E-state index contributed by atoms with van der Waals surface area (Å²) in [6.07, 6.45) is 0.409. The van der Waals surface area contributed by atoms with E-state index in [2.05, 4.69) is 5.32 Å². The number of nitrogens with one attached hydrogen (secondary N) is 1. The number of likely N-dealkylation sites (N-methyl/N-ethyl adjacent to an activating group) is 2. The molecule has 146 valence electrons. The molecule has 2 aromatic rings. The summed E-state index contributed by atoms with van der Waals surface area (Å²) >= 11 is 0. The van der Waals surface area contributed by atoms with E-state index in [-0.39, 0.29) is 30.7 Å². The van der Waals surface area contributed by atoms with Gasteiger partial charge in [-0.05, 0) is 23.6 Å². The van der Waals surface area contributed by atoms with E-state index in [1.54, 1.807) is 26.0 Å². The number of fused-ring (bicyclic) bond motifs is 1. The van der Waals surface area contributed by atoms with Crippen LogP contribution < -0.4 is 10.2 Å². The molecule has 3 amide bonds. The molecular weight excluding hydrogens is 354 g/mol. The molecular formula is C22H25N3O3. The predicted molar refractivity (Wildman–Crippen MR) is 108 cm³/mol. The van der Waals surface area contributed by atoms with Crippen molar-refractivity contribution in [1.82, 2.24) is 10.2 Å². The molecule has 1 aliphatic heterocycles. The van der Waals surface area contributed by atoms with Gasteiger partial charge in [0.2, 0.25) is 17.7 Å². The minimum atomic E-state index is -0.988. The molecule has 0 spiro atoms. The van der Waals surface area contributed by atoms with E-state index in [4.69, 9.17) is 0 Å². The third-order valence-electron chi connectivity index (χ3n) is 5.24. The first-order valence-electron chi connectivity index (χ1n) is 9.23. The van der Waals surface area contributed by atoms with Crippen molar-refractivity contribution < 1.29 is 14.4 Å². The van der Waals surface area contributed by atoms with Crippen LogP contribution in [-0.4, -0.2) is 50.3 Å². The van der Waals surface area contributed by atoms with Gasteiger partial charge in [-0.15, -0.1) is 0 Å². The zero-order valence-electron chi connectivity index (χ0n) is 16.4. The number of amides is 3. The third-order valence-corrected chi connectivity index (χ3v) is 5.24. The van der Waals surface area contributed by atoms with Crippen molar-refractivity contribution in [2.75, 3.05) is 32.6 Å². The number of nitrogens with zero attached hydrogens (tertiary/aromatic N) is 2. The van der Waals surface area contributed by atoms with Crippen LogP contribution in [0.4, 0.5) is 5.69 Å². The molecule has 1 aliphatic rings. The summed E-state index contributed by atoms with van der Waals surface area (Å²) in [5, 5.41) is 2.67. The smallest absolute Gasteiger partial charge is 0.241 e. The lowest BCUT2D eigenvalue weighted by molar-refractivity contribution is -0.132. The lowest BCUT2D eigenvalue weighted by Gasteiger charge is -2.28. The molecule has 0 fully saturated rings. The molecule has 6 heteroatoms. The first kappa shape index (κ1) is 19.6. The molecule has 1 heterocycles. The first-order chi connectivity index (χ1) is 13.3. The second-order valence-corrected chi connectivity index (χ2v) is 7.37. The van der Waals surface area contributed by atoms with E-state index >= 15 is 0 Å². The topological polar surface area (TPSA) is 69.7 Å². The van der Waals surface area contributed by atoms with Gasteiger partial charge in [-0.1, -0.05) is 48.5 Å². The van der Waals surface area contributed by atoms with Crippen LogP contribution in [0.2, 0.25) is 0 Å². The standard InChI is InChI=1S/C22H25N3O3/c1-24(2)20(27)15-23-19(26)14-22(13-16-9-5-4-6-10-16)17-11-7-8-12-18(17)25(3)21(22)28/h4-12H,13-15H2,1-3H3,(H,23,26)/t22-/m0/s1. The van der Waals surface area contributed by atoms with E-state index in [0.29, 0.717) is 6.42 Å². The largest absolute Gasteiger partial charge is 0.347 e. The maximum atomic E-state index is 13.3. The Morgan fingerprint density at radius 1 is 1.04 bits per heavy atom. The van der Waals surface area contributed by atoms with Gasteiger partial charge < -0.3 is 15.1 Å². The summed E-state index contributed by atoms with van der Waals surface area (Å²) in [7, 11) is 5.01. The van der Waals surface area contributed by atoms with E-state index in [1.807, 2.05) is 54.6 Å². The normalized spacial score (nSPS) is 18.0. The van der Waals surface area contributed by atoms with E-state index in [0.717, 1.165) is 16.8 Å². The van der Waals surface area contributed by atoms with E-state index < -0.39 is 5.41 Å². The Balaban J connectivity index is 1.94. The summed E-state index contributed by atoms with van der Waals surface area (Å²) in [6.45, 7) is -0.0844. The van der Waals surface area contributed by atoms with Crippen molar-refractivity contribution in [3.8, 4) is 0 Å². The van der Waals surface area contributed by atoms with Gasteiger partial charge in [0.05, 0.1) is 12.0 Å². The van der Waals surface area contributed by atoms with Crippen LogP contribution in [0.25, 0.3) is 0 Å². The zero-order valence-corrected chi connectivity index (χ0v) is 16.4. The molecule has 1 N–H and O–H groups in total. The van der Waals surface area contributed by atoms with Gasteiger partial charge in [-0.2, -0.15) is 0 Å². The van der Waals surface area contributed by atoms with Crippen molar-refractivity contribution in [2.45, 2.75) is 18.3 Å². The third kappa shape index (κ3) is 3.63. The first-order valence-corrected chi connectivity index (χ1v) is 9.23. The second-order valence-electron chi connectivity index (χ2n) is 7.37. The van der Waals surface area contributed by atoms with Gasteiger partial charge in [-0.25, -0.2) is 0 Å². The Morgan fingerprint density at radius 3 is 2.36 bits per heavy atom. The van der Waals surface area contributed by atoms with Crippen LogP contribution >= 0.6 is 0 Å². The Hall–Kier alpha value is -3.15. The van der Waals surface area contributed by atoms with E-state index in [9.17, 15) is 14.4 Å². The molecule has 1 atom stereocenters. The fourth-order valence-electron chi connectivity index (χ4n) is 3.73. The predicted octanol–water partition coefficient (Wildman–Crippen LogP) is 1.74. The van der Waals surface area contributed by atoms with Gasteiger partial charge in [0, 0.05) is 33.3 Å². The highest BCUT2D eigenvalue weighted by Crippen LogP contribution is 2.45. The lowest BCUT2D eigenvalue weighted by Crippen LogP contribution is -2.45. The van der Waals surface area contributed by atoms with Crippen LogP contribution in [0.3, 0.4) is 0 Å². The molecule has 0 bridgehead atoms. The molecule has 2 aromatic carbocycles. The molecule has 0 saturated carbocycles. The van der Waals surface area contributed by atoms with Crippen molar-refractivity contribution >= 4 is 23.4 Å². The second kappa shape index (κ2) is 7.84. The minimum Gasteiger partial charge on any atom is -0.347 e. The van der Waals surface area contributed by atoms with Crippen LogP contribution in [0.15, 0.2) is 54.6 Å². The maximum Gasteiger partial charge on any atom is 0.241 e. The molecule has 0 unspecified atom stereocenters. The summed E-state index contributed by atoms with van der Waals surface area (Å²) in [4.78, 5) is 40.9. The molecule has 6 nitrogen and oxygen atoms in total. The highest BCUT2D eigenvalue weighted by atomic mass is 16.2. The van der Waals surface area contributed by atoms with Gasteiger partial charge in [-0.3, -0.25) is 14.4 Å².